The lowest BCUT2D eigenvalue weighted by Gasteiger charge is -2.32. The fourth-order valence-corrected chi connectivity index (χ4v) is 5.21. The zero-order valence-corrected chi connectivity index (χ0v) is 18.3. The molecule has 1 aromatic carbocycles. The molecule has 0 fully saturated rings. The van der Waals surface area contributed by atoms with Crippen LogP contribution in [0.1, 0.15) is 56.6 Å². The normalized spacial score (nSPS) is 17.9. The molecule has 2 N–H and O–H groups in total. The van der Waals surface area contributed by atoms with E-state index in [0.717, 1.165) is 12.2 Å². The molecule has 2 aromatic rings. The minimum absolute atomic E-state index is 0.0858. The number of rotatable bonds is 6. The molecular formula is C22H24N4O4S. The Kier molecular flexibility index (Phi) is 5.95. The number of hydrogen-bond acceptors (Lipinski definition) is 7. The Bertz CT molecular complexity index is 1140. The van der Waals surface area contributed by atoms with Gasteiger partial charge in [0.25, 0.3) is 11.2 Å². The van der Waals surface area contributed by atoms with Crippen molar-refractivity contribution >= 4 is 29.1 Å². The molecule has 0 bridgehead atoms. The van der Waals surface area contributed by atoms with Crippen LogP contribution in [-0.2, 0) is 4.79 Å². The molecule has 1 aliphatic heterocycles. The summed E-state index contributed by atoms with van der Waals surface area (Å²) < 4.78 is 0. The number of Topliss-reactive ketones (excluding diaryl/α,β-unsaturated/α-hetero) is 1. The van der Waals surface area contributed by atoms with E-state index in [1.165, 1.54) is 17.8 Å². The molecule has 31 heavy (non-hydrogen) atoms. The molecule has 1 aromatic heterocycles. The topological polar surface area (TPSA) is 118 Å². The number of benzene rings is 1. The van der Waals surface area contributed by atoms with Crippen LogP contribution in [0.15, 0.2) is 45.5 Å². The van der Waals surface area contributed by atoms with E-state index in [0.29, 0.717) is 53.0 Å². The number of nitro benzene ring substituents is 1. The zero-order chi connectivity index (χ0) is 22.1. The summed E-state index contributed by atoms with van der Waals surface area (Å²) in [4.78, 5) is 44.7. The van der Waals surface area contributed by atoms with Gasteiger partial charge < -0.3 is 10.3 Å². The number of para-hydroxylation sites is 1. The van der Waals surface area contributed by atoms with Gasteiger partial charge >= 0.3 is 0 Å². The van der Waals surface area contributed by atoms with E-state index in [9.17, 15) is 19.7 Å². The minimum atomic E-state index is -0.813. The van der Waals surface area contributed by atoms with Gasteiger partial charge in [-0.15, -0.1) is 0 Å². The number of aromatic nitrogens is 2. The predicted octanol–water partition coefficient (Wildman–Crippen LogP) is 4.38. The van der Waals surface area contributed by atoms with E-state index in [2.05, 4.69) is 29.1 Å². The van der Waals surface area contributed by atoms with Crippen LogP contribution in [0.5, 0.6) is 0 Å². The highest BCUT2D eigenvalue weighted by atomic mass is 32.2. The predicted molar refractivity (Wildman–Crippen MR) is 119 cm³/mol. The first-order chi connectivity index (χ1) is 14.9. The van der Waals surface area contributed by atoms with E-state index < -0.39 is 10.8 Å². The molecule has 0 spiro atoms. The van der Waals surface area contributed by atoms with Crippen molar-refractivity contribution in [1.82, 2.24) is 9.97 Å². The summed E-state index contributed by atoms with van der Waals surface area (Å²) in [6, 6.07) is 6.30. The van der Waals surface area contributed by atoms with Crippen molar-refractivity contribution in [2.75, 3.05) is 11.1 Å². The summed E-state index contributed by atoms with van der Waals surface area (Å²) in [5.41, 5.74) is 1.27. The van der Waals surface area contributed by atoms with Crippen molar-refractivity contribution in [2.45, 2.75) is 50.6 Å². The molecule has 8 nitrogen and oxygen atoms in total. The number of nitrogens with zero attached hydrogens (tertiary/aromatic N) is 2. The number of hydrogen-bond donors (Lipinski definition) is 2. The van der Waals surface area contributed by atoms with Gasteiger partial charge in [-0.2, -0.15) is 0 Å². The van der Waals surface area contributed by atoms with Crippen LogP contribution in [0.4, 0.5) is 11.5 Å². The van der Waals surface area contributed by atoms with E-state index in [-0.39, 0.29) is 22.6 Å². The van der Waals surface area contributed by atoms with Crippen molar-refractivity contribution in [2.24, 2.45) is 5.92 Å². The summed E-state index contributed by atoms with van der Waals surface area (Å²) in [5.74, 6) is 0.842. The van der Waals surface area contributed by atoms with Crippen molar-refractivity contribution in [1.29, 1.82) is 0 Å². The van der Waals surface area contributed by atoms with Crippen LogP contribution in [0.3, 0.4) is 0 Å². The molecule has 162 valence electrons. The smallest absolute Gasteiger partial charge is 0.273 e. The molecule has 2 aliphatic rings. The van der Waals surface area contributed by atoms with Gasteiger partial charge in [0, 0.05) is 35.1 Å². The van der Waals surface area contributed by atoms with E-state index in [1.807, 2.05) is 0 Å². The first kappa shape index (κ1) is 21.3. The summed E-state index contributed by atoms with van der Waals surface area (Å²) in [6.07, 6.45) is 2.69. The average molecular weight is 441 g/mol. The van der Waals surface area contributed by atoms with Crippen LogP contribution in [0.25, 0.3) is 0 Å². The second kappa shape index (κ2) is 8.66. The maximum atomic E-state index is 13.2. The van der Waals surface area contributed by atoms with Crippen molar-refractivity contribution in [3.63, 3.8) is 0 Å². The molecule has 0 saturated carbocycles. The van der Waals surface area contributed by atoms with Crippen LogP contribution >= 0.6 is 11.8 Å². The lowest BCUT2D eigenvalue weighted by Crippen LogP contribution is -2.33. The number of ketones is 1. The Morgan fingerprint density at radius 2 is 2.03 bits per heavy atom. The Labute approximate surface area is 183 Å². The summed E-state index contributed by atoms with van der Waals surface area (Å²) >= 11 is 1.47. The third-order valence-electron chi connectivity index (χ3n) is 5.61. The molecule has 1 atom stereocenters. The van der Waals surface area contributed by atoms with Gasteiger partial charge in [0.2, 0.25) is 0 Å². The Balaban J connectivity index is 1.86. The highest BCUT2D eigenvalue weighted by molar-refractivity contribution is 7.99. The number of thioether (sulfide) groups is 1. The van der Waals surface area contributed by atoms with Gasteiger partial charge in [-0.05, 0) is 25.2 Å². The monoisotopic (exact) mass is 440 g/mol. The first-order valence-corrected chi connectivity index (χ1v) is 11.4. The fourth-order valence-electron chi connectivity index (χ4n) is 4.11. The van der Waals surface area contributed by atoms with E-state index in [4.69, 9.17) is 0 Å². The molecule has 1 aliphatic carbocycles. The van der Waals surface area contributed by atoms with Gasteiger partial charge in [-0.3, -0.25) is 19.7 Å². The molecule has 9 heteroatoms. The molecule has 0 amide bonds. The highest BCUT2D eigenvalue weighted by Crippen LogP contribution is 2.45. The van der Waals surface area contributed by atoms with Crippen molar-refractivity contribution in [3.8, 4) is 0 Å². The summed E-state index contributed by atoms with van der Waals surface area (Å²) in [6.45, 7) is 4.27. The standard InChI is InChI=1S/C22H24N4O4S/c1-12(2)10-11-31-22-24-20-19(21(28)25-22)17(13-6-3-4-8-15(13)26(29)30)18-14(23-20)7-5-9-16(18)27/h3-4,6,8,12,17H,5,7,9-11H2,1-2H3,(H2,23,24,25,28). The van der Waals surface area contributed by atoms with E-state index >= 15 is 0 Å². The Hall–Kier alpha value is -2.94. The third kappa shape index (κ3) is 4.14. The number of carbonyl (C=O) groups excluding carboxylic acids is 1. The Morgan fingerprint density at radius 3 is 2.77 bits per heavy atom. The van der Waals surface area contributed by atoms with Gasteiger partial charge in [0.1, 0.15) is 5.82 Å². The van der Waals surface area contributed by atoms with Crippen molar-refractivity contribution in [3.05, 3.63) is 67.1 Å². The largest absolute Gasteiger partial charge is 0.343 e. The second-order valence-electron chi connectivity index (χ2n) is 8.21. The number of carbonyl (C=O) groups is 1. The molecule has 2 heterocycles. The molecular weight excluding hydrogens is 416 g/mol. The van der Waals surface area contributed by atoms with Crippen molar-refractivity contribution < 1.29 is 9.72 Å². The van der Waals surface area contributed by atoms with Crippen LogP contribution in [0, 0.1) is 16.0 Å². The lowest BCUT2D eigenvalue weighted by molar-refractivity contribution is -0.385. The number of fused-ring (bicyclic) bond motifs is 1. The zero-order valence-electron chi connectivity index (χ0n) is 17.4. The third-order valence-corrected chi connectivity index (χ3v) is 6.52. The van der Waals surface area contributed by atoms with Gasteiger partial charge in [-0.1, -0.05) is 43.8 Å². The second-order valence-corrected chi connectivity index (χ2v) is 9.29. The number of H-pyrrole nitrogens is 1. The van der Waals surface area contributed by atoms with Gasteiger partial charge in [0.15, 0.2) is 10.9 Å². The number of nitro groups is 1. The SMILES string of the molecule is CC(C)CCSc1nc2c(c(=O)[nH]1)C(c1ccccc1[N+](=O)[O-])C1=C(CCCC1=O)N2. The maximum absolute atomic E-state index is 13.2. The van der Waals surface area contributed by atoms with Gasteiger partial charge in [0.05, 0.1) is 16.4 Å². The number of allylic oxidation sites excluding steroid dienone is 2. The number of anilines is 1. The lowest BCUT2D eigenvalue weighted by atomic mass is 9.76. The number of nitrogens with one attached hydrogen (secondary N) is 2. The maximum Gasteiger partial charge on any atom is 0.273 e. The highest BCUT2D eigenvalue weighted by Gasteiger charge is 2.40. The summed E-state index contributed by atoms with van der Waals surface area (Å²) in [5, 5.41) is 15.4. The number of aromatic amines is 1. The minimum Gasteiger partial charge on any atom is -0.343 e. The molecule has 1 unspecified atom stereocenters. The molecule has 0 saturated heterocycles. The molecule has 4 rings (SSSR count). The van der Waals surface area contributed by atoms with E-state index in [1.54, 1.807) is 18.2 Å². The van der Waals surface area contributed by atoms with Crippen LogP contribution < -0.4 is 10.9 Å². The Morgan fingerprint density at radius 1 is 1.26 bits per heavy atom. The fraction of sp³-hybridized carbons (Fsp3) is 0.409. The van der Waals surface area contributed by atoms with Gasteiger partial charge in [-0.25, -0.2) is 4.98 Å². The quantitative estimate of drug-likeness (QED) is 0.296. The van der Waals surface area contributed by atoms with Crippen LogP contribution in [-0.4, -0.2) is 26.4 Å². The molecule has 0 radical (unpaired) electrons. The van der Waals surface area contributed by atoms with Crippen LogP contribution in [0.2, 0.25) is 0 Å². The summed E-state index contributed by atoms with van der Waals surface area (Å²) in [7, 11) is 0. The first-order valence-electron chi connectivity index (χ1n) is 10.4. The average Bonchev–Trinajstić information content (AvgIpc) is 2.72.